The van der Waals surface area contributed by atoms with Gasteiger partial charge >= 0.3 is 0 Å². The van der Waals surface area contributed by atoms with Gasteiger partial charge in [-0.1, -0.05) is 25.2 Å². The molecule has 1 fully saturated rings. The zero-order chi connectivity index (χ0) is 21.5. The van der Waals surface area contributed by atoms with Crippen LogP contribution in [0.15, 0.2) is 30.6 Å². The molecule has 5 rings (SSSR count). The third-order valence-electron chi connectivity index (χ3n) is 6.33. The highest BCUT2D eigenvalue weighted by Gasteiger charge is 2.31. The first-order valence-corrected chi connectivity index (χ1v) is 11.0. The van der Waals surface area contributed by atoms with E-state index in [2.05, 4.69) is 41.2 Å². The fourth-order valence-electron chi connectivity index (χ4n) is 4.47. The van der Waals surface area contributed by atoms with Gasteiger partial charge in [-0.15, -0.1) is 0 Å². The number of amides is 1. The van der Waals surface area contributed by atoms with E-state index in [1.54, 1.807) is 12.4 Å². The van der Waals surface area contributed by atoms with Crippen molar-refractivity contribution in [3.63, 3.8) is 0 Å². The summed E-state index contributed by atoms with van der Waals surface area (Å²) in [6, 6.07) is 2.10. The van der Waals surface area contributed by atoms with Crippen LogP contribution in [0.3, 0.4) is 0 Å². The summed E-state index contributed by atoms with van der Waals surface area (Å²) >= 11 is 0. The number of carbonyl (C=O) groups is 2. The van der Waals surface area contributed by atoms with Gasteiger partial charge < -0.3 is 4.90 Å². The van der Waals surface area contributed by atoms with Gasteiger partial charge in [0.1, 0.15) is 11.5 Å². The van der Waals surface area contributed by atoms with Gasteiger partial charge in [-0.25, -0.2) is 4.98 Å². The molecule has 2 aliphatic carbocycles. The smallest absolute Gasteiger partial charge is 0.274 e. The highest BCUT2D eigenvalue weighted by Crippen LogP contribution is 2.36. The van der Waals surface area contributed by atoms with E-state index < -0.39 is 0 Å². The van der Waals surface area contributed by atoms with Crippen LogP contribution in [0.25, 0.3) is 11.6 Å². The lowest BCUT2D eigenvalue weighted by Crippen LogP contribution is -2.38. The Bertz CT molecular complexity index is 1110. The van der Waals surface area contributed by atoms with Crippen LogP contribution in [-0.4, -0.2) is 44.6 Å². The maximum atomic E-state index is 12.9. The minimum atomic E-state index is -0.0924. The minimum absolute atomic E-state index is 0.0924. The topological polar surface area (TPSA) is 76.1 Å². The summed E-state index contributed by atoms with van der Waals surface area (Å²) in [4.78, 5) is 40.3. The number of hydrogen-bond donors (Lipinski definition) is 0. The number of rotatable bonds is 5. The normalized spacial score (nSPS) is 19.9. The van der Waals surface area contributed by atoms with E-state index in [-0.39, 0.29) is 17.7 Å². The molecule has 3 aliphatic rings. The van der Waals surface area contributed by atoms with Gasteiger partial charge in [-0.05, 0) is 42.9 Å². The molecule has 0 radical (unpaired) electrons. The van der Waals surface area contributed by atoms with Crippen molar-refractivity contribution in [3.05, 3.63) is 64.5 Å². The Morgan fingerprint density at radius 1 is 1.19 bits per heavy atom. The molecule has 6 heteroatoms. The second kappa shape index (κ2) is 7.84. The lowest BCUT2D eigenvalue weighted by atomic mass is 9.87. The molecular weight excluding hydrogens is 388 g/mol. The Hall–Kier alpha value is -3.15. The first kappa shape index (κ1) is 19.8. The molecule has 1 unspecified atom stereocenters. The summed E-state index contributed by atoms with van der Waals surface area (Å²) in [6.45, 7) is 5.16. The number of aromatic nitrogens is 3. The number of ketones is 1. The quantitative estimate of drug-likeness (QED) is 0.749. The number of hydrogen-bond acceptors (Lipinski definition) is 5. The maximum Gasteiger partial charge on any atom is 0.274 e. The summed E-state index contributed by atoms with van der Waals surface area (Å²) in [5, 5.41) is 0. The van der Waals surface area contributed by atoms with E-state index in [1.807, 2.05) is 11.8 Å². The van der Waals surface area contributed by atoms with Gasteiger partial charge in [0.15, 0.2) is 0 Å². The SMILES string of the molecule is Cc1cnc(C(=O)N2CC=C(c3cc(CC(=O)C4CC4)nc4c3C=CC4)C(C)C2)cn1. The number of allylic oxidation sites excluding steroid dienone is 1. The summed E-state index contributed by atoms with van der Waals surface area (Å²) in [5.74, 6) is 0.633. The van der Waals surface area contributed by atoms with Crippen LogP contribution in [0.5, 0.6) is 0 Å². The van der Waals surface area contributed by atoms with Crippen molar-refractivity contribution in [3.8, 4) is 0 Å². The summed E-state index contributed by atoms with van der Waals surface area (Å²) in [5.41, 5.74) is 6.64. The first-order valence-electron chi connectivity index (χ1n) is 11.0. The van der Waals surface area contributed by atoms with E-state index >= 15 is 0 Å². The number of nitrogens with zero attached hydrogens (tertiary/aromatic N) is 4. The van der Waals surface area contributed by atoms with E-state index in [1.165, 1.54) is 5.57 Å². The van der Waals surface area contributed by atoms with Gasteiger partial charge in [-0.3, -0.25) is 19.6 Å². The zero-order valence-corrected chi connectivity index (χ0v) is 18.0. The van der Waals surface area contributed by atoms with E-state index in [0.29, 0.717) is 31.0 Å². The molecule has 31 heavy (non-hydrogen) atoms. The first-order chi connectivity index (χ1) is 15.0. The summed E-state index contributed by atoms with van der Waals surface area (Å²) in [7, 11) is 0. The van der Waals surface area contributed by atoms with Crippen LogP contribution in [0, 0.1) is 18.8 Å². The Kier molecular flexibility index (Phi) is 5.00. The van der Waals surface area contributed by atoms with Crippen molar-refractivity contribution in [1.29, 1.82) is 0 Å². The minimum Gasteiger partial charge on any atom is -0.333 e. The van der Waals surface area contributed by atoms with Gasteiger partial charge in [0.25, 0.3) is 5.91 Å². The third kappa shape index (κ3) is 3.94. The molecular formula is C25H26N4O2. The van der Waals surface area contributed by atoms with Crippen molar-refractivity contribution in [2.75, 3.05) is 13.1 Å². The number of aryl methyl sites for hydroxylation is 1. The Labute approximate surface area is 182 Å². The average molecular weight is 415 g/mol. The van der Waals surface area contributed by atoms with Crippen molar-refractivity contribution in [2.24, 2.45) is 11.8 Å². The van der Waals surface area contributed by atoms with E-state index in [9.17, 15) is 9.59 Å². The molecule has 0 spiro atoms. The third-order valence-corrected chi connectivity index (χ3v) is 6.33. The lowest BCUT2D eigenvalue weighted by Gasteiger charge is -2.32. The zero-order valence-electron chi connectivity index (χ0n) is 18.0. The van der Waals surface area contributed by atoms with Gasteiger partial charge in [-0.2, -0.15) is 0 Å². The predicted octanol–water partition coefficient (Wildman–Crippen LogP) is 3.45. The van der Waals surface area contributed by atoms with Crippen molar-refractivity contribution < 1.29 is 9.59 Å². The molecule has 6 nitrogen and oxygen atoms in total. The average Bonchev–Trinajstić information content (AvgIpc) is 3.51. The molecule has 1 saturated carbocycles. The fraction of sp³-hybridized carbons (Fsp3) is 0.400. The second-order valence-electron chi connectivity index (χ2n) is 8.86. The van der Waals surface area contributed by atoms with Gasteiger partial charge in [0.05, 0.1) is 17.6 Å². The standard InChI is InChI=1S/C25H26N4O2/c1-15-14-29(25(31)23-13-26-16(2)12-27-23)9-8-19(15)21-10-18(11-24(30)17-6-7-17)28-22-5-3-4-20(21)22/h3-4,8,10,12-13,15,17H,5-7,9,11,14H2,1-2H3. The van der Waals surface area contributed by atoms with Crippen molar-refractivity contribution in [1.82, 2.24) is 19.9 Å². The Balaban J connectivity index is 1.41. The van der Waals surface area contributed by atoms with Crippen molar-refractivity contribution >= 4 is 23.3 Å². The molecule has 2 aromatic rings. The Morgan fingerprint density at radius 2 is 2.03 bits per heavy atom. The van der Waals surface area contributed by atoms with E-state index in [4.69, 9.17) is 4.98 Å². The molecule has 0 saturated heterocycles. The summed E-state index contributed by atoms with van der Waals surface area (Å²) in [6.07, 6.45) is 12.9. The van der Waals surface area contributed by atoms with Gasteiger partial charge in [0, 0.05) is 49.3 Å². The highest BCUT2D eigenvalue weighted by atomic mass is 16.2. The van der Waals surface area contributed by atoms with Crippen LogP contribution in [0.4, 0.5) is 0 Å². The molecule has 1 aliphatic heterocycles. The van der Waals surface area contributed by atoms with E-state index in [0.717, 1.165) is 47.5 Å². The summed E-state index contributed by atoms with van der Waals surface area (Å²) < 4.78 is 0. The maximum absolute atomic E-state index is 12.9. The molecule has 0 aromatic carbocycles. The van der Waals surface area contributed by atoms with Crippen LogP contribution in [0.2, 0.25) is 0 Å². The molecule has 0 N–H and O–H groups in total. The molecule has 2 aromatic heterocycles. The molecule has 1 amide bonds. The number of fused-ring (bicyclic) bond motifs is 1. The molecule has 158 valence electrons. The Morgan fingerprint density at radius 3 is 2.74 bits per heavy atom. The molecule has 3 heterocycles. The van der Waals surface area contributed by atoms with Gasteiger partial charge in [0.2, 0.25) is 0 Å². The lowest BCUT2D eigenvalue weighted by molar-refractivity contribution is -0.119. The second-order valence-corrected chi connectivity index (χ2v) is 8.86. The monoisotopic (exact) mass is 414 g/mol. The number of carbonyl (C=O) groups excluding carboxylic acids is 2. The molecule has 1 atom stereocenters. The largest absolute Gasteiger partial charge is 0.333 e. The highest BCUT2D eigenvalue weighted by molar-refractivity contribution is 5.93. The predicted molar refractivity (Wildman–Crippen MR) is 118 cm³/mol. The number of pyridine rings is 1. The molecule has 0 bridgehead atoms. The van der Waals surface area contributed by atoms with Crippen LogP contribution < -0.4 is 0 Å². The number of Topliss-reactive ketones (excluding diaryl/α,β-unsaturated/α-hetero) is 1. The van der Waals surface area contributed by atoms with Crippen LogP contribution in [-0.2, 0) is 17.6 Å². The van der Waals surface area contributed by atoms with Crippen LogP contribution >= 0.6 is 0 Å². The van der Waals surface area contributed by atoms with Crippen LogP contribution in [0.1, 0.15) is 58.5 Å². The fourth-order valence-corrected chi connectivity index (χ4v) is 4.47. The van der Waals surface area contributed by atoms with Crippen molar-refractivity contribution in [2.45, 2.75) is 39.5 Å².